The molecule has 7 heteroatoms. The Labute approximate surface area is 148 Å². The van der Waals surface area contributed by atoms with Crippen molar-refractivity contribution in [3.05, 3.63) is 34.9 Å². The van der Waals surface area contributed by atoms with Crippen LogP contribution in [0.1, 0.15) is 13.3 Å². The number of benzene rings is 1. The number of anilines is 1. The van der Waals surface area contributed by atoms with E-state index in [1.807, 2.05) is 25.1 Å². The van der Waals surface area contributed by atoms with Gasteiger partial charge >= 0.3 is 12.0 Å². The molecule has 1 saturated heterocycles. The van der Waals surface area contributed by atoms with Crippen LogP contribution in [-0.2, 0) is 4.79 Å². The summed E-state index contributed by atoms with van der Waals surface area (Å²) in [5.41, 5.74) is 1.32. The number of fused-ring (bicyclic) bond motifs is 1. The normalized spacial score (nSPS) is 20.8. The number of nitrogens with zero attached hydrogens (tertiary/aromatic N) is 2. The number of aliphatic carboxylic acids is 1. The number of para-hydroxylation sites is 1. The third kappa shape index (κ3) is 3.51. The Morgan fingerprint density at radius 1 is 1.38 bits per heavy atom. The molecule has 1 aromatic carbocycles. The summed E-state index contributed by atoms with van der Waals surface area (Å²) < 4.78 is 0.868. The Hall–Kier alpha value is -2.15. The van der Waals surface area contributed by atoms with Crippen molar-refractivity contribution in [2.45, 2.75) is 13.3 Å². The number of likely N-dealkylation sites (tertiary alicyclic amines) is 1. The SMILES string of the molecule is CC1CC(C(=O)O)CN(C(=O)Nc2cccc3cc(Br)cnc23)C1. The molecule has 0 radical (unpaired) electrons. The summed E-state index contributed by atoms with van der Waals surface area (Å²) in [5, 5.41) is 13.0. The lowest BCUT2D eigenvalue weighted by molar-refractivity contribution is -0.143. The highest BCUT2D eigenvalue weighted by molar-refractivity contribution is 9.10. The number of carbonyl (C=O) groups excluding carboxylic acids is 1. The average molecular weight is 392 g/mol. The fourth-order valence-electron chi connectivity index (χ4n) is 3.13. The molecule has 0 spiro atoms. The number of piperidine rings is 1. The predicted molar refractivity (Wildman–Crippen MR) is 94.9 cm³/mol. The van der Waals surface area contributed by atoms with Crippen LogP contribution in [0.4, 0.5) is 10.5 Å². The summed E-state index contributed by atoms with van der Waals surface area (Å²) in [6.45, 7) is 2.75. The molecule has 6 nitrogen and oxygen atoms in total. The lowest BCUT2D eigenvalue weighted by Gasteiger charge is -2.34. The van der Waals surface area contributed by atoms with Crippen molar-refractivity contribution in [1.82, 2.24) is 9.88 Å². The van der Waals surface area contributed by atoms with Crippen LogP contribution in [0.25, 0.3) is 10.9 Å². The zero-order valence-electron chi connectivity index (χ0n) is 13.2. The number of carbonyl (C=O) groups is 2. The predicted octanol–water partition coefficient (Wildman–Crippen LogP) is 3.57. The maximum Gasteiger partial charge on any atom is 0.321 e. The van der Waals surface area contributed by atoms with Gasteiger partial charge in [-0.3, -0.25) is 9.78 Å². The molecule has 1 aromatic heterocycles. The van der Waals surface area contributed by atoms with Gasteiger partial charge in [-0.2, -0.15) is 0 Å². The lowest BCUT2D eigenvalue weighted by Crippen LogP contribution is -2.47. The van der Waals surface area contributed by atoms with E-state index in [1.54, 1.807) is 17.2 Å². The quantitative estimate of drug-likeness (QED) is 0.819. The van der Waals surface area contributed by atoms with E-state index < -0.39 is 11.9 Å². The molecule has 1 fully saturated rings. The minimum atomic E-state index is -0.851. The number of halogens is 1. The van der Waals surface area contributed by atoms with Crippen molar-refractivity contribution in [3.8, 4) is 0 Å². The molecular weight excluding hydrogens is 374 g/mol. The first-order chi connectivity index (χ1) is 11.4. The largest absolute Gasteiger partial charge is 0.481 e. The van der Waals surface area contributed by atoms with Crippen LogP contribution < -0.4 is 5.32 Å². The Morgan fingerprint density at radius 2 is 2.17 bits per heavy atom. The second-order valence-electron chi connectivity index (χ2n) is 6.24. The van der Waals surface area contributed by atoms with Crippen molar-refractivity contribution < 1.29 is 14.7 Å². The number of hydrogen-bond acceptors (Lipinski definition) is 3. The smallest absolute Gasteiger partial charge is 0.321 e. The van der Waals surface area contributed by atoms with Gasteiger partial charge in [-0.15, -0.1) is 0 Å². The summed E-state index contributed by atoms with van der Waals surface area (Å²) in [6, 6.07) is 7.21. The topological polar surface area (TPSA) is 82.5 Å². The Morgan fingerprint density at radius 3 is 2.92 bits per heavy atom. The van der Waals surface area contributed by atoms with E-state index in [0.717, 1.165) is 9.86 Å². The first-order valence-corrected chi connectivity index (χ1v) is 8.56. The van der Waals surface area contributed by atoms with Gasteiger partial charge in [0.05, 0.1) is 17.1 Å². The fourth-order valence-corrected chi connectivity index (χ4v) is 3.47. The fraction of sp³-hybridized carbons (Fsp3) is 0.353. The highest BCUT2D eigenvalue weighted by atomic mass is 79.9. The number of hydrogen-bond donors (Lipinski definition) is 2. The molecule has 2 N–H and O–H groups in total. The molecule has 1 aliphatic heterocycles. The molecule has 0 bridgehead atoms. The lowest BCUT2D eigenvalue weighted by atomic mass is 9.91. The molecular formula is C17H18BrN3O3. The Bertz CT molecular complexity index is 796. The highest BCUT2D eigenvalue weighted by Gasteiger charge is 2.32. The maximum atomic E-state index is 12.6. The van der Waals surface area contributed by atoms with Gasteiger partial charge in [0.15, 0.2) is 0 Å². The summed E-state index contributed by atoms with van der Waals surface area (Å²) in [4.78, 5) is 29.8. The van der Waals surface area contributed by atoms with E-state index in [-0.39, 0.29) is 18.5 Å². The van der Waals surface area contributed by atoms with Gasteiger partial charge in [0, 0.05) is 29.1 Å². The highest BCUT2D eigenvalue weighted by Crippen LogP contribution is 2.26. The summed E-state index contributed by atoms with van der Waals surface area (Å²) in [6.07, 6.45) is 2.28. The number of amides is 2. The van der Waals surface area contributed by atoms with Crippen molar-refractivity contribution in [1.29, 1.82) is 0 Å². The van der Waals surface area contributed by atoms with Crippen molar-refractivity contribution in [3.63, 3.8) is 0 Å². The minimum Gasteiger partial charge on any atom is -0.481 e. The zero-order valence-corrected chi connectivity index (χ0v) is 14.8. The molecule has 3 rings (SSSR count). The molecule has 2 heterocycles. The first kappa shape index (κ1) is 16.7. The number of carboxylic acid groups (broad SMARTS) is 1. The van der Waals surface area contributed by atoms with E-state index in [9.17, 15) is 14.7 Å². The number of pyridine rings is 1. The number of rotatable bonds is 2. The molecule has 1 aliphatic rings. The summed E-state index contributed by atoms with van der Waals surface area (Å²) >= 11 is 3.38. The molecule has 2 aromatic rings. The maximum absolute atomic E-state index is 12.6. The van der Waals surface area contributed by atoms with Gasteiger partial charge in [-0.25, -0.2) is 4.79 Å². The summed E-state index contributed by atoms with van der Waals surface area (Å²) in [5.74, 6) is -1.20. The second kappa shape index (κ2) is 6.76. The second-order valence-corrected chi connectivity index (χ2v) is 7.16. The van der Waals surface area contributed by atoms with Gasteiger partial charge in [-0.05, 0) is 40.4 Å². The van der Waals surface area contributed by atoms with Crippen LogP contribution in [0.2, 0.25) is 0 Å². The van der Waals surface area contributed by atoms with Crippen LogP contribution in [0, 0.1) is 11.8 Å². The van der Waals surface area contributed by atoms with Crippen molar-refractivity contribution in [2.75, 3.05) is 18.4 Å². The van der Waals surface area contributed by atoms with Gasteiger partial charge in [0.2, 0.25) is 0 Å². The number of nitrogens with one attached hydrogen (secondary N) is 1. The van der Waals surface area contributed by atoms with Gasteiger partial charge in [0.25, 0.3) is 0 Å². The van der Waals surface area contributed by atoms with E-state index >= 15 is 0 Å². The van der Waals surface area contributed by atoms with Crippen molar-refractivity contribution >= 4 is 44.5 Å². The van der Waals surface area contributed by atoms with E-state index in [0.29, 0.717) is 24.2 Å². The number of aromatic nitrogens is 1. The number of urea groups is 1. The summed E-state index contributed by atoms with van der Waals surface area (Å²) in [7, 11) is 0. The van der Waals surface area contributed by atoms with E-state index in [1.165, 1.54) is 0 Å². The van der Waals surface area contributed by atoms with Gasteiger partial charge in [0.1, 0.15) is 0 Å². The molecule has 2 unspecified atom stereocenters. The molecule has 0 aliphatic carbocycles. The molecule has 0 saturated carbocycles. The molecule has 126 valence electrons. The standard InChI is InChI=1S/C17H18BrN3O3/c1-10-5-12(16(22)23)9-21(8-10)17(24)20-14-4-2-3-11-6-13(18)7-19-15(11)14/h2-4,6-7,10,12H,5,8-9H2,1H3,(H,20,24)(H,22,23). The minimum absolute atomic E-state index is 0.159. The van der Waals surface area contributed by atoms with Gasteiger partial charge in [-0.1, -0.05) is 19.1 Å². The average Bonchev–Trinajstić information content (AvgIpc) is 2.54. The van der Waals surface area contributed by atoms with Crippen LogP contribution >= 0.6 is 15.9 Å². The van der Waals surface area contributed by atoms with Crippen LogP contribution in [0.5, 0.6) is 0 Å². The Kier molecular flexibility index (Phi) is 4.71. The molecule has 24 heavy (non-hydrogen) atoms. The molecule has 2 amide bonds. The molecule has 2 atom stereocenters. The first-order valence-electron chi connectivity index (χ1n) is 7.77. The van der Waals surface area contributed by atoms with Crippen LogP contribution in [-0.4, -0.2) is 40.1 Å². The van der Waals surface area contributed by atoms with Gasteiger partial charge < -0.3 is 15.3 Å². The third-order valence-corrected chi connectivity index (χ3v) is 4.65. The number of carboxylic acids is 1. The van der Waals surface area contributed by atoms with E-state index in [2.05, 4.69) is 26.2 Å². The Balaban J connectivity index is 1.81. The van der Waals surface area contributed by atoms with Crippen LogP contribution in [0.15, 0.2) is 34.9 Å². The van der Waals surface area contributed by atoms with Crippen molar-refractivity contribution in [2.24, 2.45) is 11.8 Å². The monoisotopic (exact) mass is 391 g/mol. The zero-order chi connectivity index (χ0) is 17.3. The van der Waals surface area contributed by atoms with E-state index in [4.69, 9.17) is 0 Å². The third-order valence-electron chi connectivity index (χ3n) is 4.22. The van der Waals surface area contributed by atoms with Crippen LogP contribution in [0.3, 0.4) is 0 Å².